The maximum atomic E-state index is 12.4. The second kappa shape index (κ2) is 28.3. The molecule has 0 saturated carbocycles. The Hall–Kier alpha value is -1.32. The molecule has 0 bridgehead atoms. The third-order valence-electron chi connectivity index (χ3n) is 6.99. The van der Waals surface area contributed by atoms with E-state index < -0.39 is 5.97 Å². The lowest BCUT2D eigenvalue weighted by atomic mass is 10.0. The van der Waals surface area contributed by atoms with Crippen molar-refractivity contribution in [3.05, 3.63) is 12.2 Å². The number of aliphatic carboxylic acids is 1. The van der Waals surface area contributed by atoms with Crippen molar-refractivity contribution in [1.82, 2.24) is 0 Å². The van der Waals surface area contributed by atoms with Gasteiger partial charge in [-0.2, -0.15) is 0 Å². The van der Waals surface area contributed by atoms with Crippen LogP contribution in [0.5, 0.6) is 0 Å². The van der Waals surface area contributed by atoms with Crippen LogP contribution < -0.4 is 0 Å². The first-order chi connectivity index (χ1) is 17.6. The Labute approximate surface area is 224 Å². The molecule has 0 aliphatic carbocycles. The predicted molar refractivity (Wildman–Crippen MR) is 153 cm³/mol. The third kappa shape index (κ3) is 27.3. The molecule has 0 aromatic rings. The number of allylic oxidation sites excluding steroid dienone is 2. The van der Waals surface area contributed by atoms with E-state index in [0.717, 1.165) is 70.6 Å². The summed E-state index contributed by atoms with van der Waals surface area (Å²) < 4.78 is 5.91. The van der Waals surface area contributed by atoms with E-state index >= 15 is 0 Å². The van der Waals surface area contributed by atoms with E-state index in [1.165, 1.54) is 77.0 Å². The van der Waals surface area contributed by atoms with Crippen LogP contribution in [-0.2, 0) is 14.3 Å². The van der Waals surface area contributed by atoms with E-state index in [1.807, 2.05) is 0 Å². The Kier molecular flexibility index (Phi) is 27.2. The van der Waals surface area contributed by atoms with Crippen LogP contribution in [0, 0.1) is 0 Å². The van der Waals surface area contributed by atoms with Gasteiger partial charge in [0.25, 0.3) is 0 Å². The van der Waals surface area contributed by atoms with Gasteiger partial charge in [0.1, 0.15) is 6.10 Å². The van der Waals surface area contributed by atoms with Crippen LogP contribution in [-0.4, -0.2) is 23.1 Å². The van der Waals surface area contributed by atoms with Crippen molar-refractivity contribution in [2.75, 3.05) is 0 Å². The highest BCUT2D eigenvalue weighted by atomic mass is 16.5. The normalized spacial score (nSPS) is 12.3. The number of hydrogen-bond donors (Lipinski definition) is 1. The average molecular weight is 509 g/mol. The van der Waals surface area contributed by atoms with E-state index in [4.69, 9.17) is 9.84 Å². The van der Waals surface area contributed by atoms with Gasteiger partial charge < -0.3 is 9.84 Å². The molecule has 0 amide bonds. The molecule has 0 rings (SSSR count). The summed E-state index contributed by atoms with van der Waals surface area (Å²) in [6.07, 6.45) is 32.2. The average Bonchev–Trinajstić information content (AvgIpc) is 2.85. The summed E-state index contributed by atoms with van der Waals surface area (Å²) in [7, 11) is 0. The van der Waals surface area contributed by atoms with Crippen LogP contribution in [0.25, 0.3) is 0 Å². The summed E-state index contributed by atoms with van der Waals surface area (Å²) in [4.78, 5) is 23.1. The van der Waals surface area contributed by atoms with Crippen LogP contribution in [0.15, 0.2) is 12.2 Å². The fourth-order valence-electron chi connectivity index (χ4n) is 4.65. The predicted octanol–water partition coefficient (Wildman–Crippen LogP) is 10.3. The number of carboxylic acids is 1. The molecule has 0 heterocycles. The highest BCUT2D eigenvalue weighted by molar-refractivity contribution is 5.69. The van der Waals surface area contributed by atoms with Gasteiger partial charge in [0.15, 0.2) is 0 Å². The van der Waals surface area contributed by atoms with E-state index in [2.05, 4.69) is 26.0 Å². The van der Waals surface area contributed by atoms with Gasteiger partial charge in [0.05, 0.1) is 0 Å². The lowest BCUT2D eigenvalue weighted by molar-refractivity contribution is -0.150. The minimum Gasteiger partial charge on any atom is -0.481 e. The van der Waals surface area contributed by atoms with Gasteiger partial charge in [0, 0.05) is 12.8 Å². The van der Waals surface area contributed by atoms with Crippen molar-refractivity contribution >= 4 is 11.9 Å². The van der Waals surface area contributed by atoms with Gasteiger partial charge >= 0.3 is 11.9 Å². The fourth-order valence-corrected chi connectivity index (χ4v) is 4.65. The molecule has 0 fully saturated rings. The highest BCUT2D eigenvalue weighted by Crippen LogP contribution is 2.17. The van der Waals surface area contributed by atoms with Crippen LogP contribution >= 0.6 is 0 Å². The summed E-state index contributed by atoms with van der Waals surface area (Å²) >= 11 is 0. The second-order valence-corrected chi connectivity index (χ2v) is 10.6. The van der Waals surface area contributed by atoms with Gasteiger partial charge in [-0.1, -0.05) is 116 Å². The van der Waals surface area contributed by atoms with Crippen molar-refractivity contribution in [2.24, 2.45) is 0 Å². The molecule has 36 heavy (non-hydrogen) atoms. The molecule has 1 N–H and O–H groups in total. The van der Waals surface area contributed by atoms with Crippen molar-refractivity contribution in [2.45, 2.75) is 180 Å². The molecule has 4 heteroatoms. The minimum absolute atomic E-state index is 0.0198. The second-order valence-electron chi connectivity index (χ2n) is 10.6. The largest absolute Gasteiger partial charge is 0.481 e. The molecule has 0 aromatic carbocycles. The van der Waals surface area contributed by atoms with Crippen LogP contribution in [0.2, 0.25) is 0 Å². The highest BCUT2D eigenvalue weighted by Gasteiger charge is 2.14. The summed E-state index contributed by atoms with van der Waals surface area (Å²) in [5.74, 6) is -0.724. The number of carbonyl (C=O) groups excluding carboxylic acids is 1. The fraction of sp³-hybridized carbons (Fsp3) is 0.875. The molecule has 0 aromatic heterocycles. The lowest BCUT2D eigenvalue weighted by Gasteiger charge is -2.18. The molecule has 0 aliphatic heterocycles. The molecule has 212 valence electrons. The SMILES string of the molecule is CCCCCCCC/C=C\CCCC(CCCCCCCC(=O)O)OC(=O)CCCCCCCCC. The lowest BCUT2D eigenvalue weighted by Crippen LogP contribution is -2.18. The Morgan fingerprint density at radius 1 is 0.583 bits per heavy atom. The number of rotatable bonds is 28. The molecule has 4 nitrogen and oxygen atoms in total. The zero-order valence-corrected chi connectivity index (χ0v) is 24.1. The van der Waals surface area contributed by atoms with Gasteiger partial charge in [-0.3, -0.25) is 9.59 Å². The molecule has 0 radical (unpaired) electrons. The topological polar surface area (TPSA) is 63.6 Å². The van der Waals surface area contributed by atoms with Crippen LogP contribution in [0.3, 0.4) is 0 Å². The number of carbonyl (C=O) groups is 2. The summed E-state index contributed by atoms with van der Waals surface area (Å²) in [5.41, 5.74) is 0. The molecule has 0 aliphatic rings. The van der Waals surface area contributed by atoms with E-state index in [9.17, 15) is 9.59 Å². The molecular weight excluding hydrogens is 448 g/mol. The number of unbranched alkanes of at least 4 members (excludes halogenated alkanes) is 17. The van der Waals surface area contributed by atoms with Crippen molar-refractivity contribution < 1.29 is 19.4 Å². The maximum absolute atomic E-state index is 12.4. The summed E-state index contributed by atoms with van der Waals surface area (Å²) in [5, 5.41) is 8.75. The van der Waals surface area contributed by atoms with Gasteiger partial charge in [0.2, 0.25) is 0 Å². The number of esters is 1. The first-order valence-electron chi connectivity index (χ1n) is 15.7. The third-order valence-corrected chi connectivity index (χ3v) is 6.99. The molecule has 0 saturated heterocycles. The quantitative estimate of drug-likeness (QED) is 0.0648. The number of ether oxygens (including phenoxy) is 1. The summed E-state index contributed by atoms with van der Waals surface area (Å²) in [6.45, 7) is 4.49. The van der Waals surface area contributed by atoms with Crippen LogP contribution in [0.1, 0.15) is 174 Å². The standard InChI is InChI=1S/C32H60O4/c1-3-5-7-9-11-12-13-14-16-18-22-26-30(27-23-19-17-20-24-28-31(33)34)36-32(35)29-25-21-15-10-8-6-4-2/h14,16,30H,3-13,15,17-29H2,1-2H3,(H,33,34)/b16-14-. The molecule has 0 spiro atoms. The van der Waals surface area contributed by atoms with Gasteiger partial charge in [-0.15, -0.1) is 0 Å². The number of carboxylic acid groups (broad SMARTS) is 1. The molecule has 1 atom stereocenters. The Morgan fingerprint density at radius 3 is 1.61 bits per heavy atom. The zero-order valence-electron chi connectivity index (χ0n) is 24.1. The number of hydrogen-bond acceptors (Lipinski definition) is 3. The van der Waals surface area contributed by atoms with E-state index in [-0.39, 0.29) is 18.5 Å². The maximum Gasteiger partial charge on any atom is 0.306 e. The Bertz CT molecular complexity index is 514. The van der Waals surface area contributed by atoms with Gasteiger partial charge in [-0.05, 0) is 57.8 Å². The molecule has 1 unspecified atom stereocenters. The first-order valence-corrected chi connectivity index (χ1v) is 15.7. The summed E-state index contributed by atoms with van der Waals surface area (Å²) in [6, 6.07) is 0. The van der Waals surface area contributed by atoms with E-state index in [0.29, 0.717) is 6.42 Å². The first kappa shape index (κ1) is 34.7. The minimum atomic E-state index is -0.705. The molecular formula is C32H60O4. The van der Waals surface area contributed by atoms with Crippen molar-refractivity contribution in [3.63, 3.8) is 0 Å². The smallest absolute Gasteiger partial charge is 0.306 e. The zero-order chi connectivity index (χ0) is 26.5. The monoisotopic (exact) mass is 508 g/mol. The van der Waals surface area contributed by atoms with Crippen LogP contribution in [0.4, 0.5) is 0 Å². The van der Waals surface area contributed by atoms with E-state index in [1.54, 1.807) is 0 Å². The Morgan fingerprint density at radius 2 is 1.03 bits per heavy atom. The Balaban J connectivity index is 4.13. The van der Waals surface area contributed by atoms with Crippen molar-refractivity contribution in [1.29, 1.82) is 0 Å². The van der Waals surface area contributed by atoms with Crippen molar-refractivity contribution in [3.8, 4) is 0 Å². The van der Waals surface area contributed by atoms with Gasteiger partial charge in [-0.25, -0.2) is 0 Å².